The second-order valence-corrected chi connectivity index (χ2v) is 6.08. The fourth-order valence-corrected chi connectivity index (χ4v) is 3.00. The van der Waals surface area contributed by atoms with Gasteiger partial charge in [0.25, 0.3) is 0 Å². The molecule has 1 N–H and O–H groups in total. The van der Waals surface area contributed by atoms with Gasteiger partial charge in [0, 0.05) is 30.5 Å². The smallest absolute Gasteiger partial charge is 0.220 e. The Morgan fingerprint density at radius 1 is 1.65 bits per heavy atom. The number of hydrogen-bond donors (Lipinski definition) is 2. The summed E-state index contributed by atoms with van der Waals surface area (Å²) >= 11 is 5.96. The van der Waals surface area contributed by atoms with Crippen LogP contribution in [0.1, 0.15) is 30.0 Å². The number of amides is 1. The van der Waals surface area contributed by atoms with Crippen molar-refractivity contribution in [2.75, 3.05) is 12.3 Å². The highest BCUT2D eigenvalue weighted by Crippen LogP contribution is 2.49. The lowest BCUT2D eigenvalue weighted by Gasteiger charge is -2.11. The van der Waals surface area contributed by atoms with Gasteiger partial charge in [0.2, 0.25) is 5.91 Å². The van der Waals surface area contributed by atoms with E-state index in [4.69, 9.17) is 0 Å². The van der Waals surface area contributed by atoms with E-state index in [0.29, 0.717) is 13.0 Å². The Bertz CT molecular complexity index is 399. The van der Waals surface area contributed by atoms with Gasteiger partial charge in [0.05, 0.1) is 5.01 Å². The molecule has 2 rings (SSSR count). The molecule has 1 heterocycles. The second-order valence-electron chi connectivity index (χ2n) is 4.82. The highest BCUT2D eigenvalue weighted by Gasteiger charge is 2.42. The van der Waals surface area contributed by atoms with Gasteiger partial charge in [-0.3, -0.25) is 4.79 Å². The van der Waals surface area contributed by atoms with E-state index in [2.05, 4.69) is 22.9 Å². The van der Waals surface area contributed by atoms with Gasteiger partial charge < -0.3 is 5.32 Å². The molecule has 0 aliphatic heterocycles. The zero-order valence-electron chi connectivity index (χ0n) is 10.0. The number of carbonyl (C=O) groups excluding carboxylic acids is 1. The van der Waals surface area contributed by atoms with Gasteiger partial charge in [-0.25, -0.2) is 4.98 Å². The SMILES string of the molecule is Cc1csc(CCNC(=O)CC2(CS)CC2)n1. The fourth-order valence-electron chi connectivity index (χ4n) is 1.80. The van der Waals surface area contributed by atoms with Crippen LogP contribution in [0, 0.1) is 12.3 Å². The minimum absolute atomic E-state index is 0.157. The molecule has 1 saturated carbocycles. The molecule has 0 aromatic carbocycles. The Morgan fingerprint density at radius 3 is 2.94 bits per heavy atom. The third kappa shape index (κ3) is 3.71. The molecule has 0 bridgehead atoms. The molecule has 1 aromatic rings. The molecule has 5 heteroatoms. The Morgan fingerprint density at radius 2 is 2.41 bits per heavy atom. The quantitative estimate of drug-likeness (QED) is 0.778. The van der Waals surface area contributed by atoms with Crippen LogP contribution in [-0.4, -0.2) is 23.2 Å². The number of nitrogens with one attached hydrogen (secondary N) is 1. The molecular formula is C12H18N2OS2. The van der Waals surface area contributed by atoms with Crippen LogP contribution in [0.2, 0.25) is 0 Å². The minimum Gasteiger partial charge on any atom is -0.356 e. The normalized spacial score (nSPS) is 16.8. The largest absolute Gasteiger partial charge is 0.356 e. The molecule has 3 nitrogen and oxygen atoms in total. The first-order valence-electron chi connectivity index (χ1n) is 5.92. The first-order valence-corrected chi connectivity index (χ1v) is 7.43. The van der Waals surface area contributed by atoms with Crippen LogP contribution in [0.5, 0.6) is 0 Å². The van der Waals surface area contributed by atoms with Gasteiger partial charge >= 0.3 is 0 Å². The Hall–Kier alpha value is -0.550. The van der Waals surface area contributed by atoms with E-state index in [1.165, 1.54) is 0 Å². The Labute approximate surface area is 111 Å². The van der Waals surface area contributed by atoms with Gasteiger partial charge in [0.1, 0.15) is 0 Å². The lowest BCUT2D eigenvalue weighted by atomic mass is 10.1. The van der Waals surface area contributed by atoms with Crippen molar-refractivity contribution in [2.24, 2.45) is 5.41 Å². The molecule has 0 unspecified atom stereocenters. The summed E-state index contributed by atoms with van der Waals surface area (Å²) in [6.07, 6.45) is 3.76. The van der Waals surface area contributed by atoms with Crippen molar-refractivity contribution in [1.29, 1.82) is 0 Å². The number of hydrogen-bond acceptors (Lipinski definition) is 4. The van der Waals surface area contributed by atoms with Gasteiger partial charge in [-0.1, -0.05) is 0 Å². The number of thiol groups is 1. The molecule has 1 aliphatic rings. The molecule has 0 spiro atoms. The van der Waals surface area contributed by atoms with E-state index in [1.807, 2.05) is 12.3 Å². The standard InChI is InChI=1S/C12H18N2OS2/c1-9-7-17-11(14-9)2-5-13-10(15)6-12(8-16)3-4-12/h7,16H,2-6,8H2,1H3,(H,13,15). The van der Waals surface area contributed by atoms with Crippen molar-refractivity contribution < 1.29 is 4.79 Å². The topological polar surface area (TPSA) is 42.0 Å². The summed E-state index contributed by atoms with van der Waals surface area (Å²) in [6.45, 7) is 2.68. The lowest BCUT2D eigenvalue weighted by molar-refractivity contribution is -0.122. The number of nitrogens with zero attached hydrogens (tertiary/aromatic N) is 1. The van der Waals surface area contributed by atoms with Gasteiger partial charge in [-0.15, -0.1) is 11.3 Å². The highest BCUT2D eigenvalue weighted by atomic mass is 32.1. The van der Waals surface area contributed by atoms with Gasteiger partial charge in [-0.2, -0.15) is 12.6 Å². The van der Waals surface area contributed by atoms with Crippen LogP contribution in [0.25, 0.3) is 0 Å². The molecule has 0 saturated heterocycles. The van der Waals surface area contributed by atoms with Crippen molar-refractivity contribution in [1.82, 2.24) is 10.3 Å². The zero-order valence-corrected chi connectivity index (χ0v) is 11.7. The summed E-state index contributed by atoms with van der Waals surface area (Å²) in [4.78, 5) is 16.1. The van der Waals surface area contributed by atoms with E-state index < -0.39 is 0 Å². The third-order valence-corrected chi connectivity index (χ3v) is 4.85. The van der Waals surface area contributed by atoms with E-state index >= 15 is 0 Å². The number of rotatable bonds is 6. The summed E-state index contributed by atoms with van der Waals surface area (Å²) in [5.74, 6) is 0.983. The summed E-state index contributed by atoms with van der Waals surface area (Å²) in [6, 6.07) is 0. The number of aryl methyl sites for hydroxylation is 1. The summed E-state index contributed by atoms with van der Waals surface area (Å²) in [5.41, 5.74) is 1.27. The van der Waals surface area contributed by atoms with Crippen molar-refractivity contribution in [3.8, 4) is 0 Å². The maximum Gasteiger partial charge on any atom is 0.220 e. The fraction of sp³-hybridized carbons (Fsp3) is 0.667. The Balaban J connectivity index is 1.66. The minimum atomic E-state index is 0.157. The summed E-state index contributed by atoms with van der Waals surface area (Å²) in [7, 11) is 0. The number of carbonyl (C=O) groups is 1. The third-order valence-electron chi connectivity index (χ3n) is 3.16. The molecule has 0 radical (unpaired) electrons. The Kier molecular flexibility index (Phi) is 4.09. The number of aromatic nitrogens is 1. The van der Waals surface area contributed by atoms with Crippen molar-refractivity contribution in [2.45, 2.75) is 32.6 Å². The van der Waals surface area contributed by atoms with E-state index in [9.17, 15) is 4.79 Å². The molecular weight excluding hydrogens is 252 g/mol. The first-order chi connectivity index (χ1) is 8.13. The van der Waals surface area contributed by atoms with Crippen LogP contribution in [-0.2, 0) is 11.2 Å². The number of thiazole rings is 1. The van der Waals surface area contributed by atoms with Crippen LogP contribution < -0.4 is 5.32 Å². The average molecular weight is 270 g/mol. The van der Waals surface area contributed by atoms with E-state index in [0.717, 1.165) is 35.7 Å². The monoisotopic (exact) mass is 270 g/mol. The molecule has 1 fully saturated rings. The highest BCUT2D eigenvalue weighted by molar-refractivity contribution is 7.80. The van der Waals surface area contributed by atoms with Crippen LogP contribution in [0.4, 0.5) is 0 Å². The van der Waals surface area contributed by atoms with Crippen LogP contribution in [0.15, 0.2) is 5.38 Å². The molecule has 17 heavy (non-hydrogen) atoms. The van der Waals surface area contributed by atoms with Crippen LogP contribution >= 0.6 is 24.0 Å². The average Bonchev–Trinajstić information content (AvgIpc) is 2.95. The van der Waals surface area contributed by atoms with Crippen LogP contribution in [0.3, 0.4) is 0 Å². The van der Waals surface area contributed by atoms with E-state index in [-0.39, 0.29) is 11.3 Å². The molecule has 1 amide bonds. The molecule has 94 valence electrons. The summed E-state index contributed by atoms with van der Waals surface area (Å²) < 4.78 is 0. The predicted octanol–water partition coefficient (Wildman–Crippen LogP) is 2.21. The zero-order chi connectivity index (χ0) is 12.3. The van der Waals surface area contributed by atoms with Crippen molar-refractivity contribution in [3.05, 3.63) is 16.1 Å². The van der Waals surface area contributed by atoms with Gasteiger partial charge in [-0.05, 0) is 30.9 Å². The second kappa shape index (κ2) is 5.40. The predicted molar refractivity (Wildman–Crippen MR) is 73.7 cm³/mol. The lowest BCUT2D eigenvalue weighted by Crippen LogP contribution is -2.28. The molecule has 0 atom stereocenters. The maximum absolute atomic E-state index is 11.7. The van der Waals surface area contributed by atoms with Crippen molar-refractivity contribution in [3.63, 3.8) is 0 Å². The van der Waals surface area contributed by atoms with Crippen molar-refractivity contribution >= 4 is 29.9 Å². The van der Waals surface area contributed by atoms with E-state index in [1.54, 1.807) is 11.3 Å². The molecule has 1 aromatic heterocycles. The van der Waals surface area contributed by atoms with Gasteiger partial charge in [0.15, 0.2) is 0 Å². The first kappa shape index (κ1) is 12.9. The summed E-state index contributed by atoms with van der Waals surface area (Å²) in [5, 5.41) is 6.10. The molecule has 1 aliphatic carbocycles. The maximum atomic E-state index is 11.7.